The molecular formula is C12H23NO2. The molecule has 1 N–H and O–H groups in total. The molecule has 0 aromatic rings. The summed E-state index contributed by atoms with van der Waals surface area (Å²) in [5.74, 6) is 1.64. The largest absolute Gasteiger partial charge is 0.396 e. The van der Waals surface area contributed by atoms with E-state index in [1.54, 1.807) is 0 Å². The van der Waals surface area contributed by atoms with Crippen molar-refractivity contribution < 1.29 is 9.90 Å². The molecule has 0 aliphatic carbocycles. The van der Waals surface area contributed by atoms with Gasteiger partial charge in [-0.2, -0.15) is 0 Å². The topological polar surface area (TPSA) is 40.5 Å². The molecule has 0 saturated carbocycles. The molecule has 15 heavy (non-hydrogen) atoms. The van der Waals surface area contributed by atoms with Crippen LogP contribution in [0.15, 0.2) is 0 Å². The summed E-state index contributed by atoms with van der Waals surface area (Å²) in [6, 6.07) is 0. The van der Waals surface area contributed by atoms with Crippen molar-refractivity contribution in [3.63, 3.8) is 0 Å². The van der Waals surface area contributed by atoms with Crippen molar-refractivity contribution in [2.24, 2.45) is 11.8 Å². The normalized spacial score (nSPS) is 21.3. The molecule has 3 nitrogen and oxygen atoms in total. The molecule has 1 aliphatic rings. The summed E-state index contributed by atoms with van der Waals surface area (Å²) in [5.41, 5.74) is 0. The molecule has 0 aromatic heterocycles. The molecule has 1 saturated heterocycles. The number of aliphatic hydroxyl groups excluding tert-OH is 1. The van der Waals surface area contributed by atoms with Gasteiger partial charge in [-0.1, -0.05) is 13.8 Å². The molecular weight excluding hydrogens is 190 g/mol. The fraction of sp³-hybridized carbons (Fsp3) is 0.917. The highest BCUT2D eigenvalue weighted by Crippen LogP contribution is 2.24. The van der Waals surface area contributed by atoms with Crippen molar-refractivity contribution in [2.45, 2.75) is 39.5 Å². The van der Waals surface area contributed by atoms with Crippen LogP contribution in [-0.2, 0) is 4.79 Å². The molecule has 0 aromatic carbocycles. The van der Waals surface area contributed by atoms with Crippen molar-refractivity contribution in [1.82, 2.24) is 4.90 Å². The van der Waals surface area contributed by atoms with Crippen LogP contribution in [0, 0.1) is 11.8 Å². The molecule has 1 amide bonds. The number of likely N-dealkylation sites (tertiary alicyclic amines) is 1. The molecule has 88 valence electrons. The summed E-state index contributed by atoms with van der Waals surface area (Å²) in [5, 5.41) is 8.63. The van der Waals surface area contributed by atoms with Gasteiger partial charge in [0.2, 0.25) is 5.91 Å². The Morgan fingerprint density at radius 1 is 1.47 bits per heavy atom. The third-order valence-electron chi connectivity index (χ3n) is 3.32. The Morgan fingerprint density at radius 3 is 2.73 bits per heavy atom. The first kappa shape index (κ1) is 12.5. The van der Waals surface area contributed by atoms with Crippen molar-refractivity contribution in [3.05, 3.63) is 0 Å². The second-order valence-electron chi connectivity index (χ2n) is 4.81. The predicted octanol–water partition coefficient (Wildman–Crippen LogP) is 1.65. The summed E-state index contributed by atoms with van der Waals surface area (Å²) in [7, 11) is 0. The number of hydrogen-bond donors (Lipinski definition) is 1. The summed E-state index contributed by atoms with van der Waals surface area (Å²) in [6.45, 7) is 6.52. The average molecular weight is 213 g/mol. The Hall–Kier alpha value is -0.570. The van der Waals surface area contributed by atoms with E-state index in [1.807, 2.05) is 4.90 Å². The SMILES string of the molecule is CC(C)C1CCN(C(=O)CCCCO)C1. The lowest BCUT2D eigenvalue weighted by Crippen LogP contribution is -2.29. The zero-order chi connectivity index (χ0) is 11.3. The van der Waals surface area contributed by atoms with E-state index in [-0.39, 0.29) is 12.5 Å². The van der Waals surface area contributed by atoms with Gasteiger partial charge in [0.05, 0.1) is 0 Å². The van der Waals surface area contributed by atoms with E-state index in [4.69, 9.17) is 5.11 Å². The van der Waals surface area contributed by atoms with Crippen LogP contribution in [-0.4, -0.2) is 35.6 Å². The Bertz CT molecular complexity index is 204. The van der Waals surface area contributed by atoms with Crippen LogP contribution in [0.1, 0.15) is 39.5 Å². The van der Waals surface area contributed by atoms with E-state index in [2.05, 4.69) is 13.8 Å². The quantitative estimate of drug-likeness (QED) is 0.705. The zero-order valence-electron chi connectivity index (χ0n) is 9.91. The molecule has 3 heteroatoms. The molecule has 1 aliphatic heterocycles. The molecule has 0 spiro atoms. The Balaban J connectivity index is 2.24. The van der Waals surface area contributed by atoms with Crippen molar-refractivity contribution in [3.8, 4) is 0 Å². The highest BCUT2D eigenvalue weighted by molar-refractivity contribution is 5.76. The van der Waals surface area contributed by atoms with E-state index < -0.39 is 0 Å². The lowest BCUT2D eigenvalue weighted by Gasteiger charge is -2.18. The van der Waals surface area contributed by atoms with Crippen LogP contribution in [0.5, 0.6) is 0 Å². The van der Waals surface area contributed by atoms with E-state index >= 15 is 0 Å². The first-order valence-electron chi connectivity index (χ1n) is 6.03. The first-order chi connectivity index (χ1) is 7.15. The second-order valence-corrected chi connectivity index (χ2v) is 4.81. The van der Waals surface area contributed by atoms with Crippen LogP contribution in [0.4, 0.5) is 0 Å². The number of unbranched alkanes of at least 4 members (excludes halogenated alkanes) is 1. The fourth-order valence-corrected chi connectivity index (χ4v) is 2.10. The lowest BCUT2D eigenvalue weighted by atomic mass is 9.95. The Morgan fingerprint density at radius 2 is 2.20 bits per heavy atom. The van der Waals surface area contributed by atoms with E-state index in [1.165, 1.54) is 0 Å². The minimum absolute atomic E-state index is 0.196. The van der Waals surface area contributed by atoms with E-state index in [0.29, 0.717) is 18.3 Å². The number of amides is 1. The van der Waals surface area contributed by atoms with Gasteiger partial charge in [0.1, 0.15) is 0 Å². The van der Waals surface area contributed by atoms with Crippen molar-refractivity contribution in [1.29, 1.82) is 0 Å². The number of rotatable bonds is 5. The van der Waals surface area contributed by atoms with E-state index in [9.17, 15) is 4.79 Å². The third kappa shape index (κ3) is 3.82. The maximum absolute atomic E-state index is 11.7. The Labute approximate surface area is 92.5 Å². The standard InChI is InChI=1S/C12H23NO2/c1-10(2)11-6-7-13(9-11)12(15)5-3-4-8-14/h10-11,14H,3-9H2,1-2H3. The van der Waals surface area contributed by atoms with Crippen LogP contribution >= 0.6 is 0 Å². The van der Waals surface area contributed by atoms with Crippen LogP contribution in [0.3, 0.4) is 0 Å². The molecule has 1 atom stereocenters. The molecule has 0 radical (unpaired) electrons. The second kappa shape index (κ2) is 6.11. The number of aliphatic hydroxyl groups is 1. The summed E-state index contributed by atoms with van der Waals surface area (Å²) < 4.78 is 0. The minimum Gasteiger partial charge on any atom is -0.396 e. The molecule has 1 fully saturated rings. The molecule has 0 bridgehead atoms. The maximum Gasteiger partial charge on any atom is 0.222 e. The van der Waals surface area contributed by atoms with Crippen LogP contribution < -0.4 is 0 Å². The van der Waals surface area contributed by atoms with Gasteiger partial charge in [-0.15, -0.1) is 0 Å². The van der Waals surface area contributed by atoms with Gasteiger partial charge in [0.25, 0.3) is 0 Å². The number of carbonyl (C=O) groups excluding carboxylic acids is 1. The lowest BCUT2D eigenvalue weighted by molar-refractivity contribution is -0.130. The summed E-state index contributed by atoms with van der Waals surface area (Å²) >= 11 is 0. The van der Waals surface area contributed by atoms with Gasteiger partial charge in [-0.05, 0) is 31.1 Å². The smallest absolute Gasteiger partial charge is 0.222 e. The Kier molecular flexibility index (Phi) is 5.09. The highest BCUT2D eigenvalue weighted by Gasteiger charge is 2.27. The highest BCUT2D eigenvalue weighted by atomic mass is 16.3. The molecule has 1 heterocycles. The van der Waals surface area contributed by atoms with Gasteiger partial charge >= 0.3 is 0 Å². The third-order valence-corrected chi connectivity index (χ3v) is 3.32. The number of nitrogens with zero attached hydrogens (tertiary/aromatic N) is 1. The van der Waals surface area contributed by atoms with Gasteiger partial charge in [-0.3, -0.25) is 4.79 Å². The van der Waals surface area contributed by atoms with Crippen LogP contribution in [0.2, 0.25) is 0 Å². The van der Waals surface area contributed by atoms with Crippen LogP contribution in [0.25, 0.3) is 0 Å². The first-order valence-corrected chi connectivity index (χ1v) is 6.03. The van der Waals surface area contributed by atoms with Gasteiger partial charge < -0.3 is 10.0 Å². The average Bonchev–Trinajstić information content (AvgIpc) is 2.66. The fourth-order valence-electron chi connectivity index (χ4n) is 2.10. The van der Waals surface area contributed by atoms with Gasteiger partial charge in [-0.25, -0.2) is 0 Å². The molecule has 1 unspecified atom stereocenters. The predicted molar refractivity (Wildman–Crippen MR) is 60.5 cm³/mol. The van der Waals surface area contributed by atoms with Crippen molar-refractivity contribution >= 4 is 5.91 Å². The number of carbonyl (C=O) groups is 1. The summed E-state index contributed by atoms with van der Waals surface area (Å²) in [6.07, 6.45) is 3.32. The minimum atomic E-state index is 0.196. The van der Waals surface area contributed by atoms with Crippen molar-refractivity contribution in [2.75, 3.05) is 19.7 Å². The summed E-state index contributed by atoms with van der Waals surface area (Å²) in [4.78, 5) is 13.7. The monoisotopic (exact) mass is 213 g/mol. The van der Waals surface area contributed by atoms with Gasteiger partial charge in [0, 0.05) is 26.1 Å². The zero-order valence-corrected chi connectivity index (χ0v) is 9.91. The number of hydrogen-bond acceptors (Lipinski definition) is 2. The van der Waals surface area contributed by atoms with Gasteiger partial charge in [0.15, 0.2) is 0 Å². The molecule has 1 rings (SSSR count). The van der Waals surface area contributed by atoms with E-state index in [0.717, 1.165) is 32.4 Å². The maximum atomic E-state index is 11.7.